The monoisotopic (exact) mass is 330 g/mol. The van der Waals surface area contributed by atoms with E-state index in [9.17, 15) is 9.59 Å². The van der Waals surface area contributed by atoms with Gasteiger partial charge in [-0.25, -0.2) is 0 Å². The van der Waals surface area contributed by atoms with Crippen molar-refractivity contribution in [3.63, 3.8) is 0 Å². The molecule has 2 rings (SSSR count). The Morgan fingerprint density at radius 2 is 1.67 bits per heavy atom. The number of hydrogen-bond donors (Lipinski definition) is 0. The van der Waals surface area contributed by atoms with Gasteiger partial charge in [-0.1, -0.05) is 17.7 Å². The van der Waals surface area contributed by atoms with Crippen LogP contribution in [0.4, 0.5) is 0 Å². The number of carbonyl (C=O) groups excluding carboxylic acids is 2. The molecule has 2 amide bonds. The van der Waals surface area contributed by atoms with Crippen LogP contribution in [0.5, 0.6) is 0 Å². The van der Waals surface area contributed by atoms with Crippen molar-refractivity contribution in [1.82, 2.24) is 9.80 Å². The Bertz CT molecular complexity index is 541. The number of benzene rings is 1. The van der Waals surface area contributed by atoms with Gasteiger partial charge in [-0.15, -0.1) is 0 Å². The van der Waals surface area contributed by atoms with E-state index in [0.717, 1.165) is 51.0 Å². The third-order valence-corrected chi connectivity index (χ3v) is 5.08. The lowest BCUT2D eigenvalue weighted by Crippen LogP contribution is -2.39. The van der Waals surface area contributed by atoms with Gasteiger partial charge in [0.1, 0.15) is 0 Å². The number of nitrogens with zero attached hydrogens (tertiary/aromatic N) is 2. The number of hydrogen-bond acceptors (Lipinski definition) is 2. The van der Waals surface area contributed by atoms with Crippen molar-refractivity contribution >= 4 is 11.8 Å². The Kier molecular flexibility index (Phi) is 6.83. The Labute approximate surface area is 145 Å². The first-order chi connectivity index (χ1) is 11.5. The molecular formula is C20H30N2O2. The molecule has 1 fully saturated rings. The molecule has 1 aromatic rings. The third-order valence-electron chi connectivity index (χ3n) is 5.08. The predicted molar refractivity (Wildman–Crippen MR) is 97.0 cm³/mol. The molecule has 0 atom stereocenters. The molecule has 0 radical (unpaired) electrons. The van der Waals surface area contributed by atoms with E-state index in [0.29, 0.717) is 12.3 Å². The van der Waals surface area contributed by atoms with Crippen LogP contribution in [0.1, 0.15) is 55.5 Å². The number of carbonyl (C=O) groups is 2. The van der Waals surface area contributed by atoms with Gasteiger partial charge >= 0.3 is 0 Å². The lowest BCUT2D eigenvalue weighted by Gasteiger charge is -2.32. The molecule has 1 saturated heterocycles. The van der Waals surface area contributed by atoms with Crippen molar-refractivity contribution in [1.29, 1.82) is 0 Å². The number of piperidine rings is 1. The maximum Gasteiger partial charge on any atom is 0.253 e. The zero-order valence-electron chi connectivity index (χ0n) is 15.3. The summed E-state index contributed by atoms with van der Waals surface area (Å²) in [6.07, 6.45) is 3.59. The second-order valence-corrected chi connectivity index (χ2v) is 6.71. The van der Waals surface area contributed by atoms with Crippen LogP contribution in [0, 0.1) is 12.8 Å². The summed E-state index contributed by atoms with van der Waals surface area (Å²) in [6, 6.07) is 7.79. The summed E-state index contributed by atoms with van der Waals surface area (Å²) in [5.41, 5.74) is 1.94. The van der Waals surface area contributed by atoms with Crippen LogP contribution in [-0.2, 0) is 4.79 Å². The fourth-order valence-electron chi connectivity index (χ4n) is 3.37. The van der Waals surface area contributed by atoms with Gasteiger partial charge in [0, 0.05) is 38.2 Å². The largest absolute Gasteiger partial charge is 0.343 e. The van der Waals surface area contributed by atoms with E-state index in [-0.39, 0.29) is 11.8 Å². The van der Waals surface area contributed by atoms with E-state index >= 15 is 0 Å². The first kappa shape index (κ1) is 18.5. The van der Waals surface area contributed by atoms with E-state index in [4.69, 9.17) is 0 Å². The number of aryl methyl sites for hydroxylation is 1. The summed E-state index contributed by atoms with van der Waals surface area (Å²) >= 11 is 0. The van der Waals surface area contributed by atoms with Gasteiger partial charge in [-0.2, -0.15) is 0 Å². The van der Waals surface area contributed by atoms with Crippen LogP contribution < -0.4 is 0 Å². The molecule has 0 unspecified atom stereocenters. The van der Waals surface area contributed by atoms with Gasteiger partial charge in [0.2, 0.25) is 5.91 Å². The summed E-state index contributed by atoms with van der Waals surface area (Å²) in [5, 5.41) is 0. The smallest absolute Gasteiger partial charge is 0.253 e. The van der Waals surface area contributed by atoms with Crippen LogP contribution in [0.15, 0.2) is 24.3 Å². The lowest BCUT2D eigenvalue weighted by atomic mass is 9.91. The van der Waals surface area contributed by atoms with Crippen molar-refractivity contribution in [2.45, 2.75) is 46.5 Å². The molecule has 132 valence electrons. The lowest BCUT2D eigenvalue weighted by molar-refractivity contribution is -0.131. The van der Waals surface area contributed by atoms with Crippen molar-refractivity contribution in [2.75, 3.05) is 26.2 Å². The van der Waals surface area contributed by atoms with Crippen molar-refractivity contribution < 1.29 is 9.59 Å². The highest BCUT2D eigenvalue weighted by Gasteiger charge is 2.24. The number of likely N-dealkylation sites (tertiary alicyclic amines) is 1. The summed E-state index contributed by atoms with van der Waals surface area (Å²) < 4.78 is 0. The zero-order chi connectivity index (χ0) is 17.5. The Morgan fingerprint density at radius 1 is 1.08 bits per heavy atom. The van der Waals surface area contributed by atoms with E-state index < -0.39 is 0 Å². The van der Waals surface area contributed by atoms with Gasteiger partial charge in [-0.05, 0) is 58.1 Å². The molecule has 0 bridgehead atoms. The van der Waals surface area contributed by atoms with Gasteiger partial charge < -0.3 is 9.80 Å². The summed E-state index contributed by atoms with van der Waals surface area (Å²) in [5.74, 6) is 0.956. The molecule has 1 aromatic carbocycles. The van der Waals surface area contributed by atoms with Gasteiger partial charge in [0.15, 0.2) is 0 Å². The second-order valence-electron chi connectivity index (χ2n) is 6.71. The third kappa shape index (κ3) is 4.83. The zero-order valence-corrected chi connectivity index (χ0v) is 15.3. The molecule has 4 heteroatoms. The highest BCUT2D eigenvalue weighted by Crippen LogP contribution is 2.23. The molecule has 0 N–H and O–H groups in total. The van der Waals surface area contributed by atoms with Gasteiger partial charge in [-0.3, -0.25) is 9.59 Å². The normalized spacial score (nSPS) is 15.4. The van der Waals surface area contributed by atoms with Crippen LogP contribution >= 0.6 is 0 Å². The molecule has 24 heavy (non-hydrogen) atoms. The maximum absolute atomic E-state index is 12.5. The second kappa shape index (κ2) is 8.86. The summed E-state index contributed by atoms with van der Waals surface area (Å²) in [6.45, 7) is 9.26. The molecule has 1 aliphatic heterocycles. The Morgan fingerprint density at radius 3 is 2.21 bits per heavy atom. The van der Waals surface area contributed by atoms with Gasteiger partial charge in [0.25, 0.3) is 5.91 Å². The highest BCUT2D eigenvalue weighted by atomic mass is 16.2. The molecule has 0 spiro atoms. The fraction of sp³-hybridized carbons (Fsp3) is 0.600. The summed E-state index contributed by atoms with van der Waals surface area (Å²) in [7, 11) is 0. The van der Waals surface area contributed by atoms with Crippen LogP contribution in [0.3, 0.4) is 0 Å². The molecular weight excluding hydrogens is 300 g/mol. The Balaban J connectivity index is 1.78. The first-order valence-electron chi connectivity index (χ1n) is 9.18. The number of amides is 2. The minimum atomic E-state index is 0.132. The van der Waals surface area contributed by atoms with E-state index in [1.165, 1.54) is 5.56 Å². The van der Waals surface area contributed by atoms with Crippen LogP contribution in [-0.4, -0.2) is 47.8 Å². The molecule has 0 aromatic heterocycles. The van der Waals surface area contributed by atoms with Crippen LogP contribution in [0.25, 0.3) is 0 Å². The summed E-state index contributed by atoms with van der Waals surface area (Å²) in [4.78, 5) is 28.5. The molecule has 1 heterocycles. The fourth-order valence-corrected chi connectivity index (χ4v) is 3.37. The van der Waals surface area contributed by atoms with Gasteiger partial charge in [0.05, 0.1) is 0 Å². The highest BCUT2D eigenvalue weighted by molar-refractivity contribution is 5.94. The standard InChI is InChI=1S/C20H30N2O2/c1-4-21(5-2)19(23)11-8-17-12-14-22(15-13-17)20(24)18-9-6-16(3)7-10-18/h6-7,9-10,17H,4-5,8,11-15H2,1-3H3. The Hall–Kier alpha value is -1.84. The molecule has 4 nitrogen and oxygen atoms in total. The van der Waals surface area contributed by atoms with E-state index in [2.05, 4.69) is 0 Å². The average Bonchev–Trinajstić information content (AvgIpc) is 2.61. The molecule has 1 aliphatic rings. The quantitative estimate of drug-likeness (QED) is 0.801. The maximum atomic E-state index is 12.5. The van der Waals surface area contributed by atoms with Crippen molar-refractivity contribution in [2.24, 2.45) is 5.92 Å². The predicted octanol–water partition coefficient (Wildman–Crippen LogP) is 3.50. The van der Waals surface area contributed by atoms with Crippen molar-refractivity contribution in [3.8, 4) is 0 Å². The van der Waals surface area contributed by atoms with E-state index in [1.807, 2.05) is 54.8 Å². The minimum Gasteiger partial charge on any atom is -0.343 e. The first-order valence-corrected chi connectivity index (χ1v) is 9.18. The average molecular weight is 330 g/mol. The SMILES string of the molecule is CCN(CC)C(=O)CCC1CCN(C(=O)c2ccc(C)cc2)CC1. The molecule has 0 aliphatic carbocycles. The van der Waals surface area contributed by atoms with Crippen LogP contribution in [0.2, 0.25) is 0 Å². The van der Waals surface area contributed by atoms with Crippen molar-refractivity contribution in [3.05, 3.63) is 35.4 Å². The van der Waals surface area contributed by atoms with E-state index in [1.54, 1.807) is 0 Å². The topological polar surface area (TPSA) is 40.6 Å². The number of rotatable bonds is 6. The minimum absolute atomic E-state index is 0.132. The molecule has 0 saturated carbocycles.